The van der Waals surface area contributed by atoms with E-state index in [4.69, 9.17) is 21.5 Å². The molecular formula is C26H32ClF3N2O3S. The van der Waals surface area contributed by atoms with Crippen LogP contribution in [0.5, 0.6) is 0 Å². The van der Waals surface area contributed by atoms with Crippen LogP contribution in [-0.4, -0.2) is 48.3 Å². The summed E-state index contributed by atoms with van der Waals surface area (Å²) >= 11 is 8.17. The molecule has 0 aliphatic heterocycles. The van der Waals surface area contributed by atoms with Crippen molar-refractivity contribution in [3.63, 3.8) is 0 Å². The molecule has 3 rings (SSSR count). The number of hydrogen-bond donors (Lipinski definition) is 2. The summed E-state index contributed by atoms with van der Waals surface area (Å²) in [6, 6.07) is 6.44. The van der Waals surface area contributed by atoms with Crippen molar-refractivity contribution in [2.24, 2.45) is 17.8 Å². The Morgan fingerprint density at radius 3 is 2.42 bits per heavy atom. The van der Waals surface area contributed by atoms with Gasteiger partial charge in [-0.05, 0) is 69.3 Å². The Hall–Kier alpha value is -2.23. The van der Waals surface area contributed by atoms with Crippen LogP contribution in [0.2, 0.25) is 5.02 Å². The molecule has 1 aliphatic rings. The number of hydrogen-bond acceptors (Lipinski definition) is 4. The van der Waals surface area contributed by atoms with Crippen molar-refractivity contribution >= 4 is 41.4 Å². The molecule has 10 heteroatoms. The SMILES string of the molecule is CC(CC1CCC(C)C1Sc1cc(C(=O)Nc2cc(F)c(F)c(F)c2)ccc1Cl)CN(C)C.O=CO. The van der Waals surface area contributed by atoms with Crippen molar-refractivity contribution < 1.29 is 27.9 Å². The van der Waals surface area contributed by atoms with Gasteiger partial charge in [0.15, 0.2) is 17.5 Å². The predicted molar refractivity (Wildman–Crippen MR) is 138 cm³/mol. The normalized spacial score (nSPS) is 20.0. The first-order valence-corrected chi connectivity index (χ1v) is 12.9. The predicted octanol–water partition coefficient (Wildman–Crippen LogP) is 6.81. The van der Waals surface area contributed by atoms with Crippen molar-refractivity contribution in [2.75, 3.05) is 26.0 Å². The molecule has 1 fully saturated rings. The van der Waals surface area contributed by atoms with Gasteiger partial charge in [-0.2, -0.15) is 0 Å². The molecule has 36 heavy (non-hydrogen) atoms. The maximum Gasteiger partial charge on any atom is 0.290 e. The lowest BCUT2D eigenvalue weighted by molar-refractivity contribution is -0.122. The average molecular weight is 545 g/mol. The van der Waals surface area contributed by atoms with Crippen molar-refractivity contribution in [2.45, 2.75) is 43.3 Å². The van der Waals surface area contributed by atoms with Gasteiger partial charge in [-0.15, -0.1) is 11.8 Å². The second-order valence-electron chi connectivity index (χ2n) is 9.46. The first-order chi connectivity index (χ1) is 17.0. The minimum Gasteiger partial charge on any atom is -0.483 e. The Morgan fingerprint density at radius 2 is 1.83 bits per heavy atom. The Balaban J connectivity index is 0.00000145. The molecule has 0 saturated heterocycles. The highest BCUT2D eigenvalue weighted by atomic mass is 35.5. The third-order valence-electron chi connectivity index (χ3n) is 6.10. The van der Waals surface area contributed by atoms with Gasteiger partial charge in [0.05, 0.1) is 5.02 Å². The average Bonchev–Trinajstić information content (AvgIpc) is 3.12. The van der Waals surface area contributed by atoms with Crippen LogP contribution in [0.4, 0.5) is 18.9 Å². The van der Waals surface area contributed by atoms with E-state index in [1.807, 2.05) is 0 Å². The van der Waals surface area contributed by atoms with Crippen LogP contribution < -0.4 is 5.32 Å². The minimum atomic E-state index is -1.57. The number of benzene rings is 2. The summed E-state index contributed by atoms with van der Waals surface area (Å²) in [6.07, 6.45) is 3.48. The molecule has 0 aromatic heterocycles. The highest BCUT2D eigenvalue weighted by Gasteiger charge is 2.35. The number of thioether (sulfide) groups is 1. The quantitative estimate of drug-likeness (QED) is 0.282. The number of anilines is 1. The Kier molecular flexibility index (Phi) is 11.6. The lowest BCUT2D eigenvalue weighted by Gasteiger charge is -2.26. The van der Waals surface area contributed by atoms with Crippen LogP contribution >= 0.6 is 23.4 Å². The van der Waals surface area contributed by atoms with Crippen LogP contribution in [0, 0.1) is 35.2 Å². The molecule has 2 aromatic rings. The fraction of sp³-hybridized carbons (Fsp3) is 0.462. The molecule has 2 aromatic carbocycles. The van der Waals surface area contributed by atoms with E-state index in [0.29, 0.717) is 33.6 Å². The molecule has 0 spiro atoms. The number of carboxylic acid groups (broad SMARTS) is 1. The molecule has 5 nitrogen and oxygen atoms in total. The van der Waals surface area contributed by atoms with Crippen LogP contribution in [-0.2, 0) is 4.79 Å². The lowest BCUT2D eigenvalue weighted by Crippen LogP contribution is -2.24. The molecule has 198 valence electrons. The zero-order valence-corrected chi connectivity index (χ0v) is 22.3. The third-order valence-corrected chi connectivity index (χ3v) is 8.25. The van der Waals surface area contributed by atoms with Crippen molar-refractivity contribution in [1.82, 2.24) is 4.90 Å². The van der Waals surface area contributed by atoms with Crippen LogP contribution in [0.25, 0.3) is 0 Å². The number of nitrogens with zero attached hydrogens (tertiary/aromatic N) is 1. The molecule has 4 unspecified atom stereocenters. The summed E-state index contributed by atoms with van der Waals surface area (Å²) in [5.41, 5.74) is 0.162. The molecule has 1 aliphatic carbocycles. The minimum absolute atomic E-state index is 0.153. The summed E-state index contributed by atoms with van der Waals surface area (Å²) in [5.74, 6) is -3.15. The van der Waals surface area contributed by atoms with Gasteiger partial charge in [0.25, 0.3) is 12.4 Å². The van der Waals surface area contributed by atoms with E-state index in [0.717, 1.165) is 36.4 Å². The number of amides is 1. The number of carbonyl (C=O) groups excluding carboxylic acids is 1. The first-order valence-electron chi connectivity index (χ1n) is 11.6. The largest absolute Gasteiger partial charge is 0.483 e. The van der Waals surface area contributed by atoms with Crippen molar-refractivity contribution in [3.05, 3.63) is 58.4 Å². The van der Waals surface area contributed by atoms with E-state index in [2.05, 4.69) is 38.2 Å². The van der Waals surface area contributed by atoms with Crippen LogP contribution in [0.15, 0.2) is 35.2 Å². The monoisotopic (exact) mass is 544 g/mol. The lowest BCUT2D eigenvalue weighted by atomic mass is 9.93. The molecule has 1 saturated carbocycles. The van der Waals surface area contributed by atoms with Crippen LogP contribution in [0.1, 0.15) is 43.5 Å². The Labute approximate surface area is 219 Å². The summed E-state index contributed by atoms with van der Waals surface area (Å²) in [7, 11) is 4.18. The second kappa shape index (κ2) is 13.9. The van der Waals surface area contributed by atoms with Crippen molar-refractivity contribution in [3.8, 4) is 0 Å². The zero-order valence-electron chi connectivity index (χ0n) is 20.7. The highest BCUT2D eigenvalue weighted by Crippen LogP contribution is 2.46. The van der Waals surface area contributed by atoms with Gasteiger partial charge in [-0.1, -0.05) is 25.4 Å². The molecule has 2 N–H and O–H groups in total. The smallest absolute Gasteiger partial charge is 0.290 e. The molecule has 0 heterocycles. The number of rotatable bonds is 8. The highest BCUT2D eigenvalue weighted by molar-refractivity contribution is 8.00. The Bertz CT molecular complexity index is 1030. The fourth-order valence-corrected chi connectivity index (χ4v) is 6.39. The van der Waals surface area contributed by atoms with E-state index in [1.165, 1.54) is 6.42 Å². The number of halogens is 4. The first kappa shape index (κ1) is 30.0. The van der Waals surface area contributed by atoms with E-state index < -0.39 is 23.4 Å². The number of nitrogens with one attached hydrogen (secondary N) is 1. The molecular weight excluding hydrogens is 513 g/mol. The summed E-state index contributed by atoms with van der Waals surface area (Å²) < 4.78 is 40.1. The van der Waals surface area contributed by atoms with Gasteiger partial charge in [0, 0.05) is 40.1 Å². The van der Waals surface area contributed by atoms with Crippen molar-refractivity contribution in [1.29, 1.82) is 0 Å². The van der Waals surface area contributed by atoms with E-state index in [9.17, 15) is 18.0 Å². The maximum absolute atomic E-state index is 13.5. The maximum atomic E-state index is 13.5. The molecule has 0 bridgehead atoms. The van der Waals surface area contributed by atoms with Crippen LogP contribution in [0.3, 0.4) is 0 Å². The van der Waals surface area contributed by atoms with Gasteiger partial charge in [0.1, 0.15) is 0 Å². The van der Waals surface area contributed by atoms with Gasteiger partial charge >= 0.3 is 0 Å². The van der Waals surface area contributed by atoms with Gasteiger partial charge in [-0.25, -0.2) is 13.2 Å². The topological polar surface area (TPSA) is 69.6 Å². The van der Waals surface area contributed by atoms with Gasteiger partial charge in [-0.3, -0.25) is 9.59 Å². The third kappa shape index (κ3) is 8.42. The number of carbonyl (C=O) groups is 2. The van der Waals surface area contributed by atoms with E-state index >= 15 is 0 Å². The standard InChI is InChI=1S/C25H30ClF3N2OS.CH2O2/c1-14(13-31(3)4)9-16-6-5-15(2)24(16)33-22-10-17(7-8-19(22)26)25(32)30-18-11-20(27)23(29)21(28)12-18;2-1-3/h7-8,10-12,14-16,24H,5-6,9,13H2,1-4H3,(H,30,32);1H,(H,2,3). The molecule has 0 radical (unpaired) electrons. The summed E-state index contributed by atoms with van der Waals surface area (Å²) in [6.45, 7) is 5.34. The fourth-order valence-electron chi connectivity index (χ4n) is 4.66. The zero-order chi connectivity index (χ0) is 27.0. The second-order valence-corrected chi connectivity index (χ2v) is 11.1. The summed E-state index contributed by atoms with van der Waals surface area (Å²) in [5, 5.41) is 10.3. The van der Waals surface area contributed by atoms with E-state index in [-0.39, 0.29) is 12.2 Å². The molecule has 1 amide bonds. The Morgan fingerprint density at radius 1 is 1.22 bits per heavy atom. The van der Waals surface area contributed by atoms with Gasteiger partial charge in [0.2, 0.25) is 0 Å². The van der Waals surface area contributed by atoms with Gasteiger partial charge < -0.3 is 15.3 Å². The molecule has 4 atom stereocenters. The summed E-state index contributed by atoms with van der Waals surface area (Å²) in [4.78, 5) is 24.1. The van der Waals surface area contributed by atoms with E-state index in [1.54, 1.807) is 30.0 Å².